The molecule has 3 aromatic rings. The zero-order chi connectivity index (χ0) is 20.8. The summed E-state index contributed by atoms with van der Waals surface area (Å²) in [6, 6.07) is 13.7. The topological polar surface area (TPSA) is 72.8 Å². The minimum absolute atomic E-state index is 0.269. The Morgan fingerprint density at radius 1 is 1.17 bits per heavy atom. The number of nitrogens with one attached hydrogen (secondary N) is 1. The van der Waals surface area contributed by atoms with Crippen LogP contribution in [0.1, 0.15) is 37.1 Å². The normalized spacial score (nSPS) is 10.9. The van der Waals surface area contributed by atoms with Crippen LogP contribution in [0.5, 0.6) is 11.5 Å². The number of hydrazone groups is 1. The van der Waals surface area contributed by atoms with Gasteiger partial charge in [0.1, 0.15) is 11.5 Å². The van der Waals surface area contributed by atoms with Crippen LogP contribution >= 0.6 is 11.3 Å². The van der Waals surface area contributed by atoms with Crippen LogP contribution in [0.25, 0.3) is 0 Å². The van der Waals surface area contributed by atoms with Gasteiger partial charge in [-0.15, -0.1) is 11.3 Å². The highest BCUT2D eigenvalue weighted by Gasteiger charge is 2.12. The van der Waals surface area contributed by atoms with Crippen molar-refractivity contribution in [3.8, 4) is 11.5 Å². The summed E-state index contributed by atoms with van der Waals surface area (Å²) < 4.78 is 11.3. The molecule has 1 N–H and O–H groups in total. The molecule has 7 heteroatoms. The van der Waals surface area contributed by atoms with Crippen LogP contribution < -0.4 is 14.9 Å². The number of aromatic nitrogens is 1. The second-order valence-electron chi connectivity index (χ2n) is 6.53. The van der Waals surface area contributed by atoms with Crippen molar-refractivity contribution in [3.63, 3.8) is 0 Å². The van der Waals surface area contributed by atoms with E-state index in [2.05, 4.69) is 34.6 Å². The fourth-order valence-electron chi connectivity index (χ4n) is 2.80. The molecule has 0 aliphatic heterocycles. The Balaban J connectivity index is 1.64. The zero-order valence-electron chi connectivity index (χ0n) is 16.9. The molecule has 2 aromatic carbocycles. The van der Waals surface area contributed by atoms with E-state index in [0.717, 1.165) is 16.1 Å². The number of benzene rings is 2. The summed E-state index contributed by atoms with van der Waals surface area (Å²) in [4.78, 5) is 17.0. The average molecular weight is 410 g/mol. The van der Waals surface area contributed by atoms with Crippen LogP contribution in [0.2, 0.25) is 0 Å². The molecule has 29 heavy (non-hydrogen) atoms. The number of hydrogen-bond acceptors (Lipinski definition) is 6. The molecular weight excluding hydrogens is 386 g/mol. The van der Waals surface area contributed by atoms with Crippen molar-refractivity contribution in [2.45, 2.75) is 27.4 Å². The highest BCUT2D eigenvalue weighted by Crippen LogP contribution is 2.28. The maximum Gasteiger partial charge on any atom is 0.283 e. The van der Waals surface area contributed by atoms with Gasteiger partial charge in [-0.2, -0.15) is 5.10 Å². The third kappa shape index (κ3) is 5.42. The molecule has 0 saturated carbocycles. The van der Waals surface area contributed by atoms with Crippen molar-refractivity contribution in [1.82, 2.24) is 10.4 Å². The van der Waals surface area contributed by atoms with Gasteiger partial charge in [-0.25, -0.2) is 10.4 Å². The lowest BCUT2D eigenvalue weighted by Gasteiger charge is -2.11. The van der Waals surface area contributed by atoms with Gasteiger partial charge < -0.3 is 9.47 Å². The van der Waals surface area contributed by atoms with Crippen molar-refractivity contribution in [2.24, 2.45) is 5.10 Å². The van der Waals surface area contributed by atoms with Gasteiger partial charge in [0.05, 0.1) is 24.0 Å². The van der Waals surface area contributed by atoms with Gasteiger partial charge in [-0.1, -0.05) is 29.8 Å². The van der Waals surface area contributed by atoms with Crippen LogP contribution in [0.15, 0.2) is 47.6 Å². The average Bonchev–Trinajstić information content (AvgIpc) is 3.05. The molecule has 1 aromatic heterocycles. The standard InChI is InChI=1S/C22H23N3O3S/c1-14-6-5-7-18(10-14)13-28-19-9-8-17(11-20(19)27-4)12-23-25-22(26)21-15(2)24-16(3)29-21/h5-12H,13H2,1-4H3,(H,25,26)/b23-12+. The molecule has 0 fully saturated rings. The lowest BCUT2D eigenvalue weighted by Crippen LogP contribution is -2.17. The lowest BCUT2D eigenvalue weighted by molar-refractivity contribution is 0.0958. The summed E-state index contributed by atoms with van der Waals surface area (Å²) in [5.74, 6) is 0.974. The van der Waals surface area contributed by atoms with Gasteiger partial charge in [0.15, 0.2) is 11.5 Å². The number of nitrogens with zero attached hydrogens (tertiary/aromatic N) is 2. The summed E-state index contributed by atoms with van der Waals surface area (Å²) in [6.45, 7) is 6.18. The van der Waals surface area contributed by atoms with E-state index in [1.807, 2.05) is 44.2 Å². The quantitative estimate of drug-likeness (QED) is 0.463. The first-order chi connectivity index (χ1) is 14.0. The van der Waals surface area contributed by atoms with Crippen LogP contribution in [0, 0.1) is 20.8 Å². The summed E-state index contributed by atoms with van der Waals surface area (Å²) in [5.41, 5.74) is 6.30. The molecule has 1 amide bonds. The SMILES string of the molecule is COc1cc(/C=N/NC(=O)c2sc(C)nc2C)ccc1OCc1cccc(C)c1. The molecule has 0 bridgehead atoms. The number of methoxy groups -OCH3 is 1. The molecule has 0 saturated heterocycles. The Morgan fingerprint density at radius 3 is 2.69 bits per heavy atom. The van der Waals surface area contributed by atoms with Gasteiger partial charge in [-0.05, 0) is 50.1 Å². The molecule has 150 valence electrons. The minimum Gasteiger partial charge on any atom is -0.493 e. The molecule has 0 aliphatic rings. The molecule has 1 heterocycles. The van der Waals surface area contributed by atoms with Gasteiger partial charge >= 0.3 is 0 Å². The highest BCUT2D eigenvalue weighted by molar-refractivity contribution is 7.13. The van der Waals surface area contributed by atoms with Crippen LogP contribution in [0.3, 0.4) is 0 Å². The van der Waals surface area contributed by atoms with Crippen molar-refractivity contribution in [3.05, 3.63) is 74.7 Å². The van der Waals surface area contributed by atoms with Crippen molar-refractivity contribution in [2.75, 3.05) is 7.11 Å². The third-order valence-corrected chi connectivity index (χ3v) is 5.23. The molecule has 3 rings (SSSR count). The number of carbonyl (C=O) groups is 1. The van der Waals surface area contributed by atoms with E-state index in [0.29, 0.717) is 28.7 Å². The van der Waals surface area contributed by atoms with E-state index in [1.54, 1.807) is 13.3 Å². The molecule has 0 unspecified atom stereocenters. The molecule has 0 radical (unpaired) electrons. The van der Waals surface area contributed by atoms with E-state index in [4.69, 9.17) is 9.47 Å². The lowest BCUT2D eigenvalue weighted by atomic mass is 10.1. The summed E-state index contributed by atoms with van der Waals surface area (Å²) in [6.07, 6.45) is 1.56. The van der Waals surface area contributed by atoms with E-state index >= 15 is 0 Å². The maximum atomic E-state index is 12.2. The molecule has 0 spiro atoms. The van der Waals surface area contributed by atoms with Crippen molar-refractivity contribution < 1.29 is 14.3 Å². The first-order valence-electron chi connectivity index (χ1n) is 9.10. The number of amides is 1. The second kappa shape index (κ2) is 9.34. The minimum atomic E-state index is -0.269. The molecular formula is C22H23N3O3S. The van der Waals surface area contributed by atoms with E-state index in [9.17, 15) is 4.79 Å². The Bertz CT molecular complexity index is 1040. The number of thiazole rings is 1. The monoisotopic (exact) mass is 409 g/mol. The van der Waals surface area contributed by atoms with Crippen molar-refractivity contribution in [1.29, 1.82) is 0 Å². The van der Waals surface area contributed by atoms with Gasteiger partial charge in [-0.3, -0.25) is 4.79 Å². The number of hydrogen-bond donors (Lipinski definition) is 1. The smallest absolute Gasteiger partial charge is 0.283 e. The van der Waals surface area contributed by atoms with E-state index in [1.165, 1.54) is 16.9 Å². The summed E-state index contributed by atoms with van der Waals surface area (Å²) in [5, 5.41) is 4.88. The highest BCUT2D eigenvalue weighted by atomic mass is 32.1. The largest absolute Gasteiger partial charge is 0.493 e. The second-order valence-corrected chi connectivity index (χ2v) is 7.74. The van der Waals surface area contributed by atoms with Crippen LogP contribution in [0.4, 0.5) is 0 Å². The fraction of sp³-hybridized carbons (Fsp3) is 0.227. The Kier molecular flexibility index (Phi) is 6.61. The van der Waals surface area contributed by atoms with Crippen LogP contribution in [-0.2, 0) is 6.61 Å². The first-order valence-corrected chi connectivity index (χ1v) is 9.91. The molecule has 0 aliphatic carbocycles. The summed E-state index contributed by atoms with van der Waals surface area (Å²) in [7, 11) is 1.59. The van der Waals surface area contributed by atoms with Crippen molar-refractivity contribution >= 4 is 23.5 Å². The Labute approximate surface area is 174 Å². The van der Waals surface area contributed by atoms with Gasteiger partial charge in [0.25, 0.3) is 5.91 Å². The van der Waals surface area contributed by atoms with Gasteiger partial charge in [0, 0.05) is 0 Å². The Hall–Kier alpha value is -3.19. The fourth-order valence-corrected chi connectivity index (χ4v) is 3.61. The first kappa shape index (κ1) is 20.5. The number of aryl methyl sites for hydroxylation is 3. The number of rotatable bonds is 7. The molecule has 0 atom stereocenters. The Morgan fingerprint density at radius 2 is 2.00 bits per heavy atom. The van der Waals surface area contributed by atoms with E-state index in [-0.39, 0.29) is 5.91 Å². The maximum absolute atomic E-state index is 12.2. The van der Waals surface area contributed by atoms with Gasteiger partial charge in [0.2, 0.25) is 0 Å². The number of ether oxygens (including phenoxy) is 2. The number of carbonyl (C=O) groups excluding carboxylic acids is 1. The summed E-state index contributed by atoms with van der Waals surface area (Å²) >= 11 is 1.35. The predicted molar refractivity (Wildman–Crippen MR) is 115 cm³/mol. The van der Waals surface area contributed by atoms with Crippen LogP contribution in [-0.4, -0.2) is 24.2 Å². The zero-order valence-corrected chi connectivity index (χ0v) is 17.7. The molecule has 6 nitrogen and oxygen atoms in total. The van der Waals surface area contributed by atoms with E-state index < -0.39 is 0 Å². The predicted octanol–water partition coefficient (Wildman–Crippen LogP) is 4.42. The third-order valence-electron chi connectivity index (χ3n) is 4.15.